The molecule has 1 aliphatic rings. The number of aromatic nitrogens is 1. The average molecular weight is 302 g/mol. The molecule has 21 heavy (non-hydrogen) atoms. The summed E-state index contributed by atoms with van der Waals surface area (Å²) in [6.45, 7) is 2.36. The second-order valence-corrected chi connectivity index (χ2v) is 6.05. The number of benzene rings is 1. The summed E-state index contributed by atoms with van der Waals surface area (Å²) in [6, 6.07) is 4.91. The summed E-state index contributed by atoms with van der Waals surface area (Å²) >= 11 is 1.56. The van der Waals surface area contributed by atoms with Gasteiger partial charge in [-0.25, -0.2) is 9.78 Å². The summed E-state index contributed by atoms with van der Waals surface area (Å²) in [7, 11) is 0. The minimum atomic E-state index is -0.948. The van der Waals surface area contributed by atoms with Crippen molar-refractivity contribution in [3.05, 3.63) is 45.4 Å². The van der Waals surface area contributed by atoms with Crippen molar-refractivity contribution in [2.24, 2.45) is 0 Å². The number of nitrogens with zero attached hydrogens (tertiary/aromatic N) is 2. The van der Waals surface area contributed by atoms with E-state index in [4.69, 9.17) is 5.11 Å². The molecule has 108 valence electrons. The maximum Gasteiger partial charge on any atom is 0.335 e. The molecule has 0 saturated carbocycles. The SMILES string of the molecule is Cc1nc(CN2C(=O)CCc3cc(C(=O)O)ccc32)cs1. The first-order valence-electron chi connectivity index (χ1n) is 6.62. The Morgan fingerprint density at radius 1 is 1.43 bits per heavy atom. The molecule has 0 fully saturated rings. The number of rotatable bonds is 3. The van der Waals surface area contributed by atoms with E-state index in [1.807, 2.05) is 12.3 Å². The van der Waals surface area contributed by atoms with E-state index in [0.29, 0.717) is 19.4 Å². The van der Waals surface area contributed by atoms with Crippen LogP contribution >= 0.6 is 11.3 Å². The highest BCUT2D eigenvalue weighted by molar-refractivity contribution is 7.09. The van der Waals surface area contributed by atoms with Gasteiger partial charge < -0.3 is 10.0 Å². The molecule has 0 aliphatic carbocycles. The largest absolute Gasteiger partial charge is 0.478 e. The van der Waals surface area contributed by atoms with Gasteiger partial charge in [0.25, 0.3) is 0 Å². The summed E-state index contributed by atoms with van der Waals surface area (Å²) in [5.74, 6) is -0.896. The van der Waals surface area contributed by atoms with Gasteiger partial charge in [0, 0.05) is 17.5 Å². The summed E-state index contributed by atoms with van der Waals surface area (Å²) in [5, 5.41) is 12.0. The van der Waals surface area contributed by atoms with E-state index in [9.17, 15) is 9.59 Å². The smallest absolute Gasteiger partial charge is 0.335 e. The minimum absolute atomic E-state index is 0.0521. The van der Waals surface area contributed by atoms with Crippen LogP contribution in [0.2, 0.25) is 0 Å². The van der Waals surface area contributed by atoms with Crippen molar-refractivity contribution >= 4 is 28.9 Å². The van der Waals surface area contributed by atoms with E-state index in [0.717, 1.165) is 22.0 Å². The number of carbonyl (C=O) groups excluding carboxylic acids is 1. The Hall–Kier alpha value is -2.21. The maximum atomic E-state index is 12.2. The molecule has 1 aromatic heterocycles. The molecule has 1 aliphatic heterocycles. The van der Waals surface area contributed by atoms with Crippen LogP contribution in [0.15, 0.2) is 23.6 Å². The summed E-state index contributed by atoms with van der Waals surface area (Å²) in [5.41, 5.74) is 2.82. The Morgan fingerprint density at radius 2 is 2.24 bits per heavy atom. The first-order valence-corrected chi connectivity index (χ1v) is 7.50. The number of carbonyl (C=O) groups is 2. The number of anilines is 1. The van der Waals surface area contributed by atoms with Crippen LogP contribution in [0, 0.1) is 6.92 Å². The van der Waals surface area contributed by atoms with E-state index in [1.165, 1.54) is 0 Å². The van der Waals surface area contributed by atoms with Crippen LogP contribution in [0.4, 0.5) is 5.69 Å². The molecular formula is C15H14N2O3S. The van der Waals surface area contributed by atoms with Gasteiger partial charge in [-0.1, -0.05) is 0 Å². The van der Waals surface area contributed by atoms with Crippen molar-refractivity contribution in [2.75, 3.05) is 4.90 Å². The normalized spacial score (nSPS) is 14.1. The molecule has 6 heteroatoms. The molecule has 0 saturated heterocycles. The number of aryl methyl sites for hydroxylation is 2. The van der Waals surface area contributed by atoms with Crippen molar-refractivity contribution in [2.45, 2.75) is 26.3 Å². The van der Waals surface area contributed by atoms with Gasteiger partial charge >= 0.3 is 5.97 Å². The molecule has 0 bridgehead atoms. The lowest BCUT2D eigenvalue weighted by Crippen LogP contribution is -2.34. The third-order valence-electron chi connectivity index (χ3n) is 3.51. The summed E-state index contributed by atoms with van der Waals surface area (Å²) in [4.78, 5) is 29.3. The fraction of sp³-hybridized carbons (Fsp3) is 0.267. The quantitative estimate of drug-likeness (QED) is 0.946. The lowest BCUT2D eigenvalue weighted by molar-refractivity contribution is -0.119. The number of thiazole rings is 1. The van der Waals surface area contributed by atoms with Crippen LogP contribution < -0.4 is 4.90 Å². The lowest BCUT2D eigenvalue weighted by Gasteiger charge is -2.29. The molecule has 1 aromatic carbocycles. The number of carboxylic acids is 1. The van der Waals surface area contributed by atoms with E-state index >= 15 is 0 Å². The highest BCUT2D eigenvalue weighted by Gasteiger charge is 2.25. The number of hydrogen-bond acceptors (Lipinski definition) is 4. The maximum absolute atomic E-state index is 12.2. The number of amides is 1. The van der Waals surface area contributed by atoms with Gasteiger partial charge in [0.1, 0.15) is 0 Å². The van der Waals surface area contributed by atoms with E-state index < -0.39 is 5.97 Å². The molecule has 0 unspecified atom stereocenters. The summed E-state index contributed by atoms with van der Waals surface area (Å²) < 4.78 is 0. The third-order valence-corrected chi connectivity index (χ3v) is 4.34. The van der Waals surface area contributed by atoms with Crippen LogP contribution in [-0.4, -0.2) is 22.0 Å². The topological polar surface area (TPSA) is 70.5 Å². The highest BCUT2D eigenvalue weighted by Crippen LogP contribution is 2.30. The molecule has 0 radical (unpaired) electrons. The van der Waals surface area contributed by atoms with Crippen LogP contribution in [0.1, 0.15) is 33.0 Å². The highest BCUT2D eigenvalue weighted by atomic mass is 32.1. The van der Waals surface area contributed by atoms with Crippen molar-refractivity contribution in [1.82, 2.24) is 4.98 Å². The van der Waals surface area contributed by atoms with Gasteiger partial charge in [0.15, 0.2) is 0 Å². The molecule has 1 N–H and O–H groups in total. The van der Waals surface area contributed by atoms with Gasteiger partial charge in [-0.2, -0.15) is 0 Å². The molecule has 1 amide bonds. The summed E-state index contributed by atoms with van der Waals surface area (Å²) in [6.07, 6.45) is 0.987. The molecule has 0 atom stereocenters. The average Bonchev–Trinajstić information content (AvgIpc) is 2.87. The second kappa shape index (κ2) is 5.29. The Labute approximate surface area is 125 Å². The van der Waals surface area contributed by atoms with Crippen molar-refractivity contribution in [3.63, 3.8) is 0 Å². The molecule has 3 rings (SSSR count). The van der Waals surface area contributed by atoms with Gasteiger partial charge in [0.05, 0.1) is 22.8 Å². The molecule has 0 spiro atoms. The molecular weight excluding hydrogens is 288 g/mol. The Kier molecular flexibility index (Phi) is 3.47. The lowest BCUT2D eigenvalue weighted by atomic mass is 9.98. The predicted molar refractivity (Wildman–Crippen MR) is 79.8 cm³/mol. The van der Waals surface area contributed by atoms with E-state index in [-0.39, 0.29) is 11.5 Å². The van der Waals surface area contributed by atoms with Crippen LogP contribution in [0.3, 0.4) is 0 Å². The molecule has 5 nitrogen and oxygen atoms in total. The Bertz CT molecular complexity index is 723. The fourth-order valence-corrected chi connectivity index (χ4v) is 3.11. The second-order valence-electron chi connectivity index (χ2n) is 4.99. The number of aromatic carboxylic acids is 1. The first-order chi connectivity index (χ1) is 10.0. The predicted octanol–water partition coefficient (Wildman–Crippen LogP) is 2.63. The molecule has 2 aromatic rings. The van der Waals surface area contributed by atoms with Gasteiger partial charge in [-0.05, 0) is 37.1 Å². The molecule has 2 heterocycles. The van der Waals surface area contributed by atoms with Gasteiger partial charge in [-0.15, -0.1) is 11.3 Å². The number of hydrogen-bond donors (Lipinski definition) is 1. The van der Waals surface area contributed by atoms with Crippen LogP contribution in [0.5, 0.6) is 0 Å². The fourth-order valence-electron chi connectivity index (χ4n) is 2.51. The third kappa shape index (κ3) is 2.67. The monoisotopic (exact) mass is 302 g/mol. The number of fused-ring (bicyclic) bond motifs is 1. The zero-order chi connectivity index (χ0) is 15.0. The van der Waals surface area contributed by atoms with Crippen molar-refractivity contribution in [3.8, 4) is 0 Å². The Balaban J connectivity index is 1.95. The zero-order valence-corrected chi connectivity index (χ0v) is 12.3. The van der Waals surface area contributed by atoms with Gasteiger partial charge in [-0.3, -0.25) is 4.79 Å². The van der Waals surface area contributed by atoms with E-state index in [1.54, 1.807) is 34.4 Å². The van der Waals surface area contributed by atoms with Gasteiger partial charge in [0.2, 0.25) is 5.91 Å². The standard InChI is InChI=1S/C15H14N2O3S/c1-9-16-12(8-21-9)7-17-13-4-2-11(15(19)20)6-10(13)3-5-14(17)18/h2,4,6,8H,3,5,7H2,1H3,(H,19,20). The minimum Gasteiger partial charge on any atom is -0.478 e. The van der Waals surface area contributed by atoms with Crippen molar-refractivity contribution < 1.29 is 14.7 Å². The number of carboxylic acid groups (broad SMARTS) is 1. The zero-order valence-electron chi connectivity index (χ0n) is 11.5. The van der Waals surface area contributed by atoms with Crippen LogP contribution in [0.25, 0.3) is 0 Å². The Morgan fingerprint density at radius 3 is 2.90 bits per heavy atom. The van der Waals surface area contributed by atoms with Crippen molar-refractivity contribution in [1.29, 1.82) is 0 Å². The first kappa shape index (κ1) is 13.8. The van der Waals surface area contributed by atoms with E-state index in [2.05, 4.69) is 4.98 Å². The van der Waals surface area contributed by atoms with Crippen LogP contribution in [-0.2, 0) is 17.8 Å².